The van der Waals surface area contributed by atoms with Crippen molar-refractivity contribution >= 4 is 11.9 Å². The van der Waals surface area contributed by atoms with Crippen LogP contribution in [0.2, 0.25) is 0 Å². The van der Waals surface area contributed by atoms with Crippen LogP contribution in [-0.2, 0) is 19.1 Å². The lowest BCUT2D eigenvalue weighted by atomic mass is 10.0. The molecular weight excluding hydrogens is 196 g/mol. The van der Waals surface area contributed by atoms with Crippen LogP contribution < -0.4 is 0 Å². The predicted octanol–water partition coefficient (Wildman–Crippen LogP) is 1.84. The molecule has 0 atom stereocenters. The minimum Gasteiger partial charge on any atom is -0.466 e. The van der Waals surface area contributed by atoms with E-state index in [2.05, 4.69) is 9.47 Å². The number of methoxy groups -OCH3 is 2. The molecule has 4 nitrogen and oxygen atoms in total. The Hall–Kier alpha value is -1.32. The lowest BCUT2D eigenvalue weighted by Crippen LogP contribution is -2.13. The van der Waals surface area contributed by atoms with Crippen LogP contribution in [0.25, 0.3) is 0 Å². The molecule has 0 spiro atoms. The smallest absolute Gasteiger partial charge is 0.334 e. The van der Waals surface area contributed by atoms with E-state index in [0.717, 1.165) is 12.8 Å². The Labute approximate surface area is 90.2 Å². The van der Waals surface area contributed by atoms with E-state index >= 15 is 0 Å². The molecule has 0 saturated carbocycles. The van der Waals surface area contributed by atoms with E-state index < -0.39 is 11.9 Å². The lowest BCUT2D eigenvalue weighted by molar-refractivity contribution is -0.139. The molecule has 4 heteroatoms. The average Bonchev–Trinajstić information content (AvgIpc) is 2.27. The van der Waals surface area contributed by atoms with Crippen LogP contribution >= 0.6 is 0 Å². The quantitative estimate of drug-likeness (QED) is 0.517. The fourth-order valence-electron chi connectivity index (χ4n) is 1.20. The molecule has 0 bridgehead atoms. The first-order valence-electron chi connectivity index (χ1n) is 4.94. The highest BCUT2D eigenvalue weighted by atomic mass is 16.5. The van der Waals surface area contributed by atoms with Crippen LogP contribution in [0.3, 0.4) is 0 Å². The molecule has 0 aliphatic rings. The highest BCUT2D eigenvalue weighted by molar-refractivity contribution is 5.99. The summed E-state index contributed by atoms with van der Waals surface area (Å²) in [4.78, 5) is 22.6. The summed E-state index contributed by atoms with van der Waals surface area (Å²) in [5.41, 5.74) is 0.740. The third-order valence-electron chi connectivity index (χ3n) is 2.16. The molecular formula is C11H18O4. The number of ether oxygens (including phenoxy) is 2. The van der Waals surface area contributed by atoms with E-state index in [0.29, 0.717) is 17.6 Å². The predicted molar refractivity (Wildman–Crippen MR) is 56.3 cm³/mol. The highest BCUT2D eigenvalue weighted by Gasteiger charge is 2.17. The van der Waals surface area contributed by atoms with Crippen LogP contribution in [-0.4, -0.2) is 26.2 Å². The SMILES string of the molecule is CCCCC(C(=O)OC)=C(C)C(=O)OC. The summed E-state index contributed by atoms with van der Waals surface area (Å²) in [6.07, 6.45) is 2.35. The number of unbranched alkanes of at least 4 members (excludes halogenated alkanes) is 1. The Morgan fingerprint density at radius 1 is 1.07 bits per heavy atom. The first-order chi connectivity index (χ1) is 7.08. The minimum atomic E-state index is -0.480. The summed E-state index contributed by atoms with van der Waals surface area (Å²) in [5, 5.41) is 0. The van der Waals surface area contributed by atoms with E-state index in [1.807, 2.05) is 6.92 Å². The van der Waals surface area contributed by atoms with Crippen LogP contribution in [0.1, 0.15) is 33.1 Å². The first kappa shape index (κ1) is 13.7. The van der Waals surface area contributed by atoms with Gasteiger partial charge in [0.05, 0.1) is 14.2 Å². The van der Waals surface area contributed by atoms with Crippen LogP contribution in [0, 0.1) is 0 Å². The Bertz CT molecular complexity index is 266. The lowest BCUT2D eigenvalue weighted by Gasteiger charge is -2.08. The normalized spacial score (nSPS) is 11.7. The van der Waals surface area contributed by atoms with Gasteiger partial charge in [0.25, 0.3) is 0 Å². The molecule has 0 rings (SSSR count). The van der Waals surface area contributed by atoms with E-state index in [9.17, 15) is 9.59 Å². The molecule has 0 radical (unpaired) electrons. The van der Waals surface area contributed by atoms with Gasteiger partial charge in [0.15, 0.2) is 0 Å². The van der Waals surface area contributed by atoms with E-state index in [4.69, 9.17) is 0 Å². The summed E-state index contributed by atoms with van der Waals surface area (Å²) < 4.78 is 9.18. The van der Waals surface area contributed by atoms with Crippen molar-refractivity contribution in [3.8, 4) is 0 Å². The van der Waals surface area contributed by atoms with Crippen molar-refractivity contribution in [3.63, 3.8) is 0 Å². The third-order valence-corrected chi connectivity index (χ3v) is 2.16. The van der Waals surface area contributed by atoms with Gasteiger partial charge in [-0.1, -0.05) is 13.3 Å². The van der Waals surface area contributed by atoms with Gasteiger partial charge < -0.3 is 9.47 Å². The number of carbonyl (C=O) groups is 2. The molecule has 0 aromatic carbocycles. The zero-order valence-electron chi connectivity index (χ0n) is 9.75. The van der Waals surface area contributed by atoms with Crippen molar-refractivity contribution in [2.75, 3.05) is 14.2 Å². The summed E-state index contributed by atoms with van der Waals surface area (Å²) in [6, 6.07) is 0. The number of hydrogen-bond acceptors (Lipinski definition) is 4. The molecule has 0 heterocycles. The van der Waals surface area contributed by atoms with E-state index in [1.54, 1.807) is 6.92 Å². The summed E-state index contributed by atoms with van der Waals surface area (Å²) >= 11 is 0. The highest BCUT2D eigenvalue weighted by Crippen LogP contribution is 2.15. The zero-order valence-corrected chi connectivity index (χ0v) is 9.75. The number of hydrogen-bond donors (Lipinski definition) is 0. The molecule has 15 heavy (non-hydrogen) atoms. The monoisotopic (exact) mass is 214 g/mol. The molecule has 0 aliphatic carbocycles. The number of esters is 2. The second kappa shape index (κ2) is 7.04. The van der Waals surface area contributed by atoms with Crippen molar-refractivity contribution in [1.82, 2.24) is 0 Å². The minimum absolute atomic E-state index is 0.331. The van der Waals surface area contributed by atoms with Crippen molar-refractivity contribution in [2.45, 2.75) is 33.1 Å². The van der Waals surface area contributed by atoms with Crippen LogP contribution in [0.5, 0.6) is 0 Å². The molecule has 0 amide bonds. The van der Waals surface area contributed by atoms with Crippen molar-refractivity contribution in [2.24, 2.45) is 0 Å². The maximum Gasteiger partial charge on any atom is 0.334 e. The maximum atomic E-state index is 11.4. The Kier molecular flexibility index (Phi) is 6.42. The second-order valence-corrected chi connectivity index (χ2v) is 3.19. The summed E-state index contributed by atoms with van der Waals surface area (Å²) in [6.45, 7) is 3.59. The average molecular weight is 214 g/mol. The second-order valence-electron chi connectivity index (χ2n) is 3.19. The fourth-order valence-corrected chi connectivity index (χ4v) is 1.20. The van der Waals surface area contributed by atoms with Gasteiger partial charge in [0, 0.05) is 11.1 Å². The maximum absolute atomic E-state index is 11.4. The van der Waals surface area contributed by atoms with Crippen LogP contribution in [0.15, 0.2) is 11.1 Å². The van der Waals surface area contributed by atoms with Gasteiger partial charge in [-0.05, 0) is 19.8 Å². The zero-order chi connectivity index (χ0) is 11.8. The van der Waals surface area contributed by atoms with E-state index in [-0.39, 0.29) is 0 Å². The number of carbonyl (C=O) groups excluding carboxylic acids is 2. The third kappa shape index (κ3) is 4.14. The first-order valence-corrected chi connectivity index (χ1v) is 4.94. The fraction of sp³-hybridized carbons (Fsp3) is 0.636. The van der Waals surface area contributed by atoms with E-state index in [1.165, 1.54) is 14.2 Å². The molecule has 0 aromatic heterocycles. The molecule has 0 aliphatic heterocycles. The molecule has 0 N–H and O–H groups in total. The molecule has 0 saturated heterocycles. The molecule has 0 fully saturated rings. The van der Waals surface area contributed by atoms with Crippen LogP contribution in [0.4, 0.5) is 0 Å². The van der Waals surface area contributed by atoms with Gasteiger partial charge in [-0.15, -0.1) is 0 Å². The largest absolute Gasteiger partial charge is 0.466 e. The van der Waals surface area contributed by atoms with Crippen molar-refractivity contribution in [3.05, 3.63) is 11.1 Å². The van der Waals surface area contributed by atoms with Gasteiger partial charge in [0.2, 0.25) is 0 Å². The molecule has 86 valence electrons. The molecule has 0 unspecified atom stereocenters. The molecule has 0 aromatic rings. The number of rotatable bonds is 5. The topological polar surface area (TPSA) is 52.6 Å². The van der Waals surface area contributed by atoms with Gasteiger partial charge in [-0.2, -0.15) is 0 Å². The Balaban J connectivity index is 4.88. The Morgan fingerprint density at radius 2 is 1.60 bits per heavy atom. The van der Waals surface area contributed by atoms with Crippen molar-refractivity contribution in [1.29, 1.82) is 0 Å². The van der Waals surface area contributed by atoms with Gasteiger partial charge in [-0.3, -0.25) is 0 Å². The van der Waals surface area contributed by atoms with Gasteiger partial charge in [-0.25, -0.2) is 9.59 Å². The summed E-state index contributed by atoms with van der Waals surface area (Å²) in [7, 11) is 2.60. The summed E-state index contributed by atoms with van der Waals surface area (Å²) in [5.74, 6) is -0.933. The van der Waals surface area contributed by atoms with Gasteiger partial charge >= 0.3 is 11.9 Å². The standard InChI is InChI=1S/C11H18O4/c1-5-6-7-9(11(13)15-4)8(2)10(12)14-3/h5-7H2,1-4H3. The van der Waals surface area contributed by atoms with Gasteiger partial charge in [0.1, 0.15) is 0 Å². The Morgan fingerprint density at radius 3 is 2.00 bits per heavy atom. The van der Waals surface area contributed by atoms with Crippen molar-refractivity contribution < 1.29 is 19.1 Å².